The molecule has 0 aliphatic heterocycles. The summed E-state index contributed by atoms with van der Waals surface area (Å²) in [5.41, 5.74) is 1.16. The zero-order valence-electron chi connectivity index (χ0n) is 9.58. The van der Waals surface area contributed by atoms with Gasteiger partial charge in [-0.3, -0.25) is 10.1 Å². The normalized spacial score (nSPS) is 15.9. The molecule has 1 aliphatic carbocycles. The largest absolute Gasteiger partial charge is 0.369 e. The Hall–Kier alpha value is -0.940. The van der Waals surface area contributed by atoms with E-state index >= 15 is 0 Å². The third-order valence-corrected chi connectivity index (χ3v) is 3.68. The van der Waals surface area contributed by atoms with E-state index in [2.05, 4.69) is 10.3 Å². The maximum atomic E-state index is 11.7. The number of carbonyl (C=O) groups excluding carboxylic acids is 1. The van der Waals surface area contributed by atoms with Crippen molar-refractivity contribution in [3.63, 3.8) is 0 Å². The molecule has 0 bridgehead atoms. The topological polar surface area (TPSA) is 51.2 Å². The summed E-state index contributed by atoms with van der Waals surface area (Å²) in [6.07, 6.45) is 2.92. The lowest BCUT2D eigenvalue weighted by atomic mass is 10.4. The van der Waals surface area contributed by atoms with Crippen LogP contribution in [-0.2, 0) is 22.4 Å². The highest BCUT2D eigenvalue weighted by atomic mass is 32.1. The van der Waals surface area contributed by atoms with E-state index in [4.69, 9.17) is 4.74 Å². The van der Waals surface area contributed by atoms with Crippen molar-refractivity contribution in [3.8, 4) is 0 Å². The molecule has 0 spiro atoms. The van der Waals surface area contributed by atoms with E-state index in [0.29, 0.717) is 11.7 Å². The molecule has 5 heteroatoms. The van der Waals surface area contributed by atoms with Gasteiger partial charge in [0, 0.05) is 11.5 Å². The van der Waals surface area contributed by atoms with Gasteiger partial charge in [-0.05, 0) is 33.1 Å². The van der Waals surface area contributed by atoms with Gasteiger partial charge in [-0.1, -0.05) is 0 Å². The van der Waals surface area contributed by atoms with E-state index in [9.17, 15) is 4.79 Å². The molecule has 4 nitrogen and oxygen atoms in total. The Morgan fingerprint density at radius 1 is 1.62 bits per heavy atom. The maximum Gasteiger partial charge on any atom is 0.254 e. The third kappa shape index (κ3) is 2.41. The van der Waals surface area contributed by atoms with Crippen molar-refractivity contribution in [1.29, 1.82) is 0 Å². The minimum absolute atomic E-state index is 0.116. The van der Waals surface area contributed by atoms with Gasteiger partial charge in [0.2, 0.25) is 0 Å². The number of anilines is 1. The molecule has 0 aromatic carbocycles. The molecule has 0 saturated heterocycles. The maximum absolute atomic E-state index is 11.7. The van der Waals surface area contributed by atoms with E-state index in [-0.39, 0.29) is 5.91 Å². The van der Waals surface area contributed by atoms with E-state index in [1.54, 1.807) is 18.3 Å². The monoisotopic (exact) mass is 240 g/mol. The molecule has 1 aliphatic rings. The van der Waals surface area contributed by atoms with Crippen molar-refractivity contribution >= 4 is 22.4 Å². The highest BCUT2D eigenvalue weighted by Gasteiger charge is 2.19. The van der Waals surface area contributed by atoms with Crippen molar-refractivity contribution in [2.24, 2.45) is 0 Å². The Morgan fingerprint density at radius 3 is 3.12 bits per heavy atom. The first-order valence-corrected chi connectivity index (χ1v) is 6.43. The van der Waals surface area contributed by atoms with E-state index in [1.165, 1.54) is 11.3 Å². The molecule has 1 atom stereocenters. The van der Waals surface area contributed by atoms with Gasteiger partial charge in [0.05, 0.1) is 5.69 Å². The number of nitrogens with one attached hydrogen (secondary N) is 1. The number of fused-ring (bicyclic) bond motifs is 1. The zero-order chi connectivity index (χ0) is 11.5. The smallest absolute Gasteiger partial charge is 0.254 e. The van der Waals surface area contributed by atoms with Gasteiger partial charge in [-0.2, -0.15) is 0 Å². The van der Waals surface area contributed by atoms with Crippen LogP contribution in [0.15, 0.2) is 0 Å². The molecule has 1 amide bonds. The summed E-state index contributed by atoms with van der Waals surface area (Å²) in [7, 11) is 0. The lowest BCUT2D eigenvalue weighted by Crippen LogP contribution is -2.27. The number of hydrogen-bond donors (Lipinski definition) is 1. The van der Waals surface area contributed by atoms with E-state index in [0.717, 1.165) is 18.5 Å². The number of rotatable bonds is 4. The molecule has 1 aromatic heterocycles. The Bertz CT molecular complexity index is 368. The first-order chi connectivity index (χ1) is 7.70. The molecular weight excluding hydrogens is 224 g/mol. The lowest BCUT2D eigenvalue weighted by molar-refractivity contribution is -0.126. The van der Waals surface area contributed by atoms with Crippen LogP contribution in [-0.4, -0.2) is 23.6 Å². The average molecular weight is 240 g/mol. The average Bonchev–Trinajstić information content (AvgIpc) is 2.78. The molecular formula is C11H16N2O2S. The first-order valence-electron chi connectivity index (χ1n) is 5.61. The molecule has 88 valence electrons. The lowest BCUT2D eigenvalue weighted by Gasteiger charge is -2.09. The SMILES string of the molecule is CCO[C@H](C)C(=O)Nc1nc2c(s1)CCC2. The summed E-state index contributed by atoms with van der Waals surface area (Å²) in [6.45, 7) is 4.17. The highest BCUT2D eigenvalue weighted by molar-refractivity contribution is 7.15. The molecule has 0 fully saturated rings. The second-order valence-electron chi connectivity index (χ2n) is 3.83. The van der Waals surface area contributed by atoms with Gasteiger partial charge in [0.15, 0.2) is 5.13 Å². The number of carbonyl (C=O) groups is 1. The predicted octanol–water partition coefficient (Wildman–Crippen LogP) is 2.00. The van der Waals surface area contributed by atoms with Crippen molar-refractivity contribution in [1.82, 2.24) is 4.98 Å². The number of aromatic nitrogens is 1. The van der Waals surface area contributed by atoms with Crippen molar-refractivity contribution in [2.45, 2.75) is 39.2 Å². The van der Waals surface area contributed by atoms with Gasteiger partial charge in [0.25, 0.3) is 5.91 Å². The van der Waals surface area contributed by atoms with Crippen LogP contribution >= 0.6 is 11.3 Å². The Labute approximate surface area is 99.0 Å². The standard InChI is InChI=1S/C11H16N2O2S/c1-3-15-7(2)10(14)13-11-12-8-5-4-6-9(8)16-11/h7H,3-6H2,1-2H3,(H,12,13,14)/t7-/m1/s1. The van der Waals surface area contributed by atoms with Gasteiger partial charge < -0.3 is 4.74 Å². The van der Waals surface area contributed by atoms with Crippen molar-refractivity contribution in [2.75, 3.05) is 11.9 Å². The molecule has 1 N–H and O–H groups in total. The minimum Gasteiger partial charge on any atom is -0.369 e. The number of nitrogens with zero attached hydrogens (tertiary/aromatic N) is 1. The minimum atomic E-state index is -0.413. The number of hydrogen-bond acceptors (Lipinski definition) is 4. The fraction of sp³-hybridized carbons (Fsp3) is 0.636. The zero-order valence-corrected chi connectivity index (χ0v) is 10.4. The van der Waals surface area contributed by atoms with Crippen LogP contribution in [0.4, 0.5) is 5.13 Å². The second kappa shape index (κ2) is 4.93. The van der Waals surface area contributed by atoms with Gasteiger partial charge in [0.1, 0.15) is 6.10 Å². The quantitative estimate of drug-likeness (QED) is 0.875. The van der Waals surface area contributed by atoms with Crippen LogP contribution in [0.2, 0.25) is 0 Å². The fourth-order valence-electron chi connectivity index (χ4n) is 1.78. The molecule has 1 heterocycles. The molecule has 0 radical (unpaired) electrons. The molecule has 2 rings (SSSR count). The molecule has 0 saturated carbocycles. The Kier molecular flexibility index (Phi) is 3.56. The van der Waals surface area contributed by atoms with Crippen LogP contribution in [0, 0.1) is 0 Å². The highest BCUT2D eigenvalue weighted by Crippen LogP contribution is 2.30. The number of amides is 1. The number of aryl methyl sites for hydroxylation is 2. The van der Waals surface area contributed by atoms with Crippen LogP contribution in [0.1, 0.15) is 30.8 Å². The van der Waals surface area contributed by atoms with Crippen molar-refractivity contribution in [3.05, 3.63) is 10.6 Å². The van der Waals surface area contributed by atoms with E-state index in [1.807, 2.05) is 6.92 Å². The number of ether oxygens (including phenoxy) is 1. The van der Waals surface area contributed by atoms with Crippen LogP contribution in [0.5, 0.6) is 0 Å². The van der Waals surface area contributed by atoms with Crippen LogP contribution < -0.4 is 5.32 Å². The van der Waals surface area contributed by atoms with Gasteiger partial charge in [-0.15, -0.1) is 11.3 Å². The Balaban J connectivity index is 1.96. The predicted molar refractivity (Wildman–Crippen MR) is 63.9 cm³/mol. The number of thiazole rings is 1. The molecule has 16 heavy (non-hydrogen) atoms. The summed E-state index contributed by atoms with van der Waals surface area (Å²) >= 11 is 1.59. The van der Waals surface area contributed by atoms with Gasteiger partial charge >= 0.3 is 0 Å². The van der Waals surface area contributed by atoms with Gasteiger partial charge in [-0.25, -0.2) is 4.98 Å². The third-order valence-electron chi connectivity index (χ3n) is 2.61. The summed E-state index contributed by atoms with van der Waals surface area (Å²) in [6, 6.07) is 0. The Morgan fingerprint density at radius 2 is 2.44 bits per heavy atom. The van der Waals surface area contributed by atoms with E-state index < -0.39 is 6.10 Å². The van der Waals surface area contributed by atoms with Crippen LogP contribution in [0.25, 0.3) is 0 Å². The molecule has 1 aromatic rings. The first kappa shape index (κ1) is 11.5. The fourth-order valence-corrected chi connectivity index (χ4v) is 2.83. The summed E-state index contributed by atoms with van der Waals surface area (Å²) < 4.78 is 5.22. The van der Waals surface area contributed by atoms with Crippen LogP contribution in [0.3, 0.4) is 0 Å². The summed E-state index contributed by atoms with van der Waals surface area (Å²) in [5.74, 6) is -0.116. The second-order valence-corrected chi connectivity index (χ2v) is 4.91. The molecule has 0 unspecified atom stereocenters. The van der Waals surface area contributed by atoms with Crippen molar-refractivity contribution < 1.29 is 9.53 Å². The summed E-state index contributed by atoms with van der Waals surface area (Å²) in [5, 5.41) is 3.51. The summed E-state index contributed by atoms with van der Waals surface area (Å²) in [4.78, 5) is 17.4.